The third-order valence-electron chi connectivity index (χ3n) is 4.72. The molecule has 0 aliphatic carbocycles. The maximum atomic E-state index is 13.1. The van der Waals surface area contributed by atoms with Gasteiger partial charge in [0.2, 0.25) is 11.8 Å². The first-order chi connectivity index (χ1) is 14.2. The molecule has 156 valence electrons. The number of nitrogens with zero attached hydrogens (tertiary/aromatic N) is 2. The molecule has 0 bridgehead atoms. The van der Waals surface area contributed by atoms with E-state index in [0.717, 1.165) is 32.9 Å². The summed E-state index contributed by atoms with van der Waals surface area (Å²) in [6.45, 7) is 5.87. The maximum Gasteiger partial charge on any atom is 0.243 e. The lowest BCUT2D eigenvalue weighted by molar-refractivity contribution is -0.132. The van der Waals surface area contributed by atoms with Crippen molar-refractivity contribution in [2.75, 3.05) is 18.9 Å². The van der Waals surface area contributed by atoms with Crippen molar-refractivity contribution in [1.29, 1.82) is 0 Å². The summed E-state index contributed by atoms with van der Waals surface area (Å²) >= 11 is 1.40. The molecule has 0 saturated carbocycles. The molecule has 1 heterocycles. The number of likely N-dealkylation sites (N-methyl/N-ethyl adjacent to an activating group) is 1. The standard InChI is InChI=1S/C23H24FN3O2S/c1-14-9-15(2)22(16(3)10-14)26-20(28)12-27(4)21(29)11-19-13-30-23(25-19)17-5-7-18(24)8-6-17/h5-10,13H,11-12H2,1-4H3,(H,26,28). The summed E-state index contributed by atoms with van der Waals surface area (Å²) in [4.78, 5) is 30.8. The van der Waals surface area contributed by atoms with E-state index in [1.807, 2.05) is 38.3 Å². The highest BCUT2D eigenvalue weighted by Gasteiger charge is 2.17. The molecule has 0 radical (unpaired) electrons. The number of carbonyl (C=O) groups excluding carboxylic acids is 2. The molecule has 0 unspecified atom stereocenters. The number of thiazole rings is 1. The number of anilines is 1. The van der Waals surface area contributed by atoms with E-state index in [9.17, 15) is 14.0 Å². The molecule has 0 aliphatic rings. The van der Waals surface area contributed by atoms with Gasteiger partial charge in [-0.2, -0.15) is 0 Å². The van der Waals surface area contributed by atoms with Crippen molar-refractivity contribution >= 4 is 28.8 Å². The number of aryl methyl sites for hydroxylation is 3. The second-order valence-corrected chi connectivity index (χ2v) is 8.26. The van der Waals surface area contributed by atoms with E-state index in [-0.39, 0.29) is 30.6 Å². The Balaban J connectivity index is 1.58. The summed E-state index contributed by atoms with van der Waals surface area (Å²) in [5.41, 5.74) is 5.34. The number of nitrogens with one attached hydrogen (secondary N) is 1. The lowest BCUT2D eigenvalue weighted by Gasteiger charge is -2.18. The fraction of sp³-hybridized carbons (Fsp3) is 0.261. The van der Waals surface area contributed by atoms with Crippen molar-refractivity contribution in [2.45, 2.75) is 27.2 Å². The van der Waals surface area contributed by atoms with E-state index < -0.39 is 0 Å². The SMILES string of the molecule is Cc1cc(C)c(NC(=O)CN(C)C(=O)Cc2csc(-c3ccc(F)cc3)n2)c(C)c1. The lowest BCUT2D eigenvalue weighted by atomic mass is 10.1. The Kier molecular flexibility index (Phi) is 6.62. The van der Waals surface area contributed by atoms with E-state index in [1.54, 1.807) is 19.2 Å². The molecule has 1 N–H and O–H groups in total. The van der Waals surface area contributed by atoms with Crippen LogP contribution >= 0.6 is 11.3 Å². The smallest absolute Gasteiger partial charge is 0.243 e. The number of benzene rings is 2. The molecule has 0 atom stereocenters. The van der Waals surface area contributed by atoms with Crippen LogP contribution in [0.15, 0.2) is 41.8 Å². The molecule has 30 heavy (non-hydrogen) atoms. The van der Waals surface area contributed by atoms with Gasteiger partial charge in [0.1, 0.15) is 10.8 Å². The van der Waals surface area contributed by atoms with E-state index in [1.165, 1.54) is 28.4 Å². The molecule has 3 rings (SSSR count). The Morgan fingerprint density at radius 2 is 1.73 bits per heavy atom. The second-order valence-electron chi connectivity index (χ2n) is 7.40. The number of aromatic nitrogens is 1. The first kappa shape index (κ1) is 21.6. The van der Waals surface area contributed by atoms with E-state index in [4.69, 9.17) is 0 Å². The topological polar surface area (TPSA) is 62.3 Å². The molecular weight excluding hydrogens is 401 g/mol. The van der Waals surface area contributed by atoms with Gasteiger partial charge in [-0.3, -0.25) is 9.59 Å². The van der Waals surface area contributed by atoms with Gasteiger partial charge in [-0.15, -0.1) is 11.3 Å². The average molecular weight is 426 g/mol. The molecule has 5 nitrogen and oxygen atoms in total. The number of hydrogen-bond donors (Lipinski definition) is 1. The van der Waals surface area contributed by atoms with Crippen LogP contribution in [0.5, 0.6) is 0 Å². The largest absolute Gasteiger partial charge is 0.336 e. The van der Waals surface area contributed by atoms with E-state index in [2.05, 4.69) is 10.3 Å². The summed E-state index contributed by atoms with van der Waals surface area (Å²) in [6.07, 6.45) is 0.101. The molecule has 0 fully saturated rings. The van der Waals surface area contributed by atoms with Crippen molar-refractivity contribution in [3.63, 3.8) is 0 Å². The zero-order valence-corrected chi connectivity index (χ0v) is 18.3. The van der Waals surface area contributed by atoms with Crippen molar-refractivity contribution in [1.82, 2.24) is 9.88 Å². The molecular formula is C23H24FN3O2S. The van der Waals surface area contributed by atoms with Gasteiger partial charge < -0.3 is 10.2 Å². The highest BCUT2D eigenvalue weighted by molar-refractivity contribution is 7.13. The van der Waals surface area contributed by atoms with Crippen LogP contribution in [-0.2, 0) is 16.0 Å². The normalized spacial score (nSPS) is 10.7. The Morgan fingerprint density at radius 3 is 2.37 bits per heavy atom. The molecule has 7 heteroatoms. The van der Waals surface area contributed by atoms with Gasteiger partial charge in [0.15, 0.2) is 0 Å². The first-order valence-corrected chi connectivity index (χ1v) is 10.4. The molecule has 0 aliphatic heterocycles. The lowest BCUT2D eigenvalue weighted by Crippen LogP contribution is -2.36. The minimum Gasteiger partial charge on any atom is -0.336 e. The highest BCUT2D eigenvalue weighted by Crippen LogP contribution is 2.24. The van der Waals surface area contributed by atoms with Gasteiger partial charge in [0.05, 0.1) is 18.7 Å². The quantitative estimate of drug-likeness (QED) is 0.632. The molecule has 0 spiro atoms. The third kappa shape index (κ3) is 5.30. The van der Waals surface area contributed by atoms with Crippen molar-refractivity contribution in [2.24, 2.45) is 0 Å². The van der Waals surface area contributed by atoms with Gasteiger partial charge in [-0.05, 0) is 56.2 Å². The molecule has 2 aromatic carbocycles. The van der Waals surface area contributed by atoms with E-state index >= 15 is 0 Å². The molecule has 1 aromatic heterocycles. The van der Waals surface area contributed by atoms with Crippen LogP contribution in [-0.4, -0.2) is 35.3 Å². The zero-order valence-electron chi connectivity index (χ0n) is 17.5. The van der Waals surface area contributed by atoms with E-state index in [0.29, 0.717) is 5.69 Å². The van der Waals surface area contributed by atoms with Crippen molar-refractivity contribution in [3.05, 3.63) is 70.0 Å². The number of amides is 2. The van der Waals surface area contributed by atoms with Crippen LogP contribution in [0.25, 0.3) is 10.6 Å². The number of hydrogen-bond acceptors (Lipinski definition) is 4. The van der Waals surface area contributed by atoms with Crippen LogP contribution in [0.1, 0.15) is 22.4 Å². The minimum atomic E-state index is -0.304. The third-order valence-corrected chi connectivity index (χ3v) is 5.66. The number of halogens is 1. The second kappa shape index (κ2) is 9.17. The Bertz CT molecular complexity index is 1050. The summed E-state index contributed by atoms with van der Waals surface area (Å²) in [7, 11) is 1.60. The van der Waals surface area contributed by atoms with Crippen LogP contribution in [0.4, 0.5) is 10.1 Å². The van der Waals surface area contributed by atoms with Gasteiger partial charge in [-0.1, -0.05) is 17.7 Å². The summed E-state index contributed by atoms with van der Waals surface area (Å²) in [5, 5.41) is 5.44. The van der Waals surface area contributed by atoms with Gasteiger partial charge in [0.25, 0.3) is 0 Å². The number of rotatable bonds is 6. The predicted molar refractivity (Wildman–Crippen MR) is 118 cm³/mol. The zero-order chi connectivity index (χ0) is 21.8. The monoisotopic (exact) mass is 425 g/mol. The Hall–Kier alpha value is -3.06. The molecule has 2 amide bonds. The summed E-state index contributed by atoms with van der Waals surface area (Å²) in [6, 6.07) is 10.1. The summed E-state index contributed by atoms with van der Waals surface area (Å²) in [5.74, 6) is -0.744. The maximum absolute atomic E-state index is 13.1. The van der Waals surface area contributed by atoms with Crippen molar-refractivity contribution < 1.29 is 14.0 Å². The molecule has 0 saturated heterocycles. The average Bonchev–Trinajstić information content (AvgIpc) is 3.13. The Morgan fingerprint density at radius 1 is 1.10 bits per heavy atom. The summed E-state index contributed by atoms with van der Waals surface area (Å²) < 4.78 is 13.1. The van der Waals surface area contributed by atoms with Gasteiger partial charge in [0, 0.05) is 23.7 Å². The van der Waals surface area contributed by atoms with Crippen LogP contribution < -0.4 is 5.32 Å². The number of carbonyl (C=O) groups is 2. The first-order valence-electron chi connectivity index (χ1n) is 9.55. The van der Waals surface area contributed by atoms with Gasteiger partial charge >= 0.3 is 0 Å². The van der Waals surface area contributed by atoms with Crippen LogP contribution in [0.2, 0.25) is 0 Å². The predicted octanol–water partition coefficient (Wildman–Crippen LogP) is 4.51. The Labute approximate surface area is 179 Å². The van der Waals surface area contributed by atoms with Crippen LogP contribution in [0.3, 0.4) is 0 Å². The molecule has 3 aromatic rings. The van der Waals surface area contributed by atoms with Crippen LogP contribution in [0, 0.1) is 26.6 Å². The fourth-order valence-electron chi connectivity index (χ4n) is 3.26. The highest BCUT2D eigenvalue weighted by atomic mass is 32.1. The minimum absolute atomic E-state index is 0.0411. The van der Waals surface area contributed by atoms with Gasteiger partial charge in [-0.25, -0.2) is 9.37 Å². The fourth-order valence-corrected chi connectivity index (χ4v) is 4.09. The van der Waals surface area contributed by atoms with Crippen molar-refractivity contribution in [3.8, 4) is 10.6 Å².